The summed E-state index contributed by atoms with van der Waals surface area (Å²) < 4.78 is 68.2. The Bertz CT molecular complexity index is 1760. The van der Waals surface area contributed by atoms with Crippen LogP contribution in [0, 0.1) is 0 Å². The number of ether oxygens (including phenoxy) is 4. The molecule has 0 aliphatic heterocycles. The maximum absolute atomic E-state index is 13.1. The zero-order valence-corrected chi connectivity index (χ0v) is 61.3. The van der Waals surface area contributed by atoms with Crippen molar-refractivity contribution in [3.05, 3.63) is 0 Å². The van der Waals surface area contributed by atoms with Crippen LogP contribution in [-0.4, -0.2) is 96.7 Å². The first-order valence-corrected chi connectivity index (χ1v) is 41.3. The number of aliphatic hydroxyl groups excluding tert-OH is 1. The van der Waals surface area contributed by atoms with Crippen LogP contribution in [0.1, 0.15) is 387 Å². The van der Waals surface area contributed by atoms with Crippen molar-refractivity contribution in [2.24, 2.45) is 0 Å². The second kappa shape index (κ2) is 67.6. The summed E-state index contributed by atoms with van der Waals surface area (Å²) in [4.78, 5) is 72.4. The number of phosphoric ester groups is 2. The van der Waals surface area contributed by atoms with Crippen molar-refractivity contribution in [3.8, 4) is 0 Å². The number of carbonyl (C=O) groups is 4. The van der Waals surface area contributed by atoms with Gasteiger partial charge < -0.3 is 33.8 Å². The quantitative estimate of drug-likeness (QED) is 0.0222. The average molecular weight is 1350 g/mol. The third kappa shape index (κ3) is 66.7. The van der Waals surface area contributed by atoms with E-state index in [1.54, 1.807) is 0 Å². The number of hydrogen-bond acceptors (Lipinski definition) is 15. The molecule has 17 nitrogen and oxygen atoms in total. The van der Waals surface area contributed by atoms with Gasteiger partial charge in [0.1, 0.15) is 19.3 Å². The van der Waals surface area contributed by atoms with Crippen LogP contribution < -0.4 is 0 Å². The van der Waals surface area contributed by atoms with Gasteiger partial charge >= 0.3 is 39.5 Å². The number of carbonyl (C=O) groups excluding carboxylic acids is 4. The highest BCUT2D eigenvalue weighted by Crippen LogP contribution is 2.45. The van der Waals surface area contributed by atoms with Crippen LogP contribution in [0.2, 0.25) is 0 Å². The van der Waals surface area contributed by atoms with Crippen molar-refractivity contribution in [3.63, 3.8) is 0 Å². The molecule has 0 aliphatic rings. The van der Waals surface area contributed by atoms with E-state index in [9.17, 15) is 43.2 Å². The number of unbranched alkanes of at least 4 members (excludes halogenated alkanes) is 48. The molecule has 0 fully saturated rings. The molecule has 0 aromatic carbocycles. The monoisotopic (exact) mass is 1350 g/mol. The molecule has 0 amide bonds. The molecule has 0 saturated heterocycles. The minimum atomic E-state index is -4.95. The molecule has 3 N–H and O–H groups in total. The van der Waals surface area contributed by atoms with E-state index in [0.717, 1.165) is 96.3 Å². The summed E-state index contributed by atoms with van der Waals surface area (Å²) in [7, 11) is -9.89. The average Bonchev–Trinajstić information content (AvgIpc) is 2.14. The summed E-state index contributed by atoms with van der Waals surface area (Å²) in [5, 5.41) is 10.6. The summed E-state index contributed by atoms with van der Waals surface area (Å²) in [5.41, 5.74) is 0. The van der Waals surface area contributed by atoms with Gasteiger partial charge in [0, 0.05) is 25.7 Å². The number of rotatable bonds is 74. The van der Waals surface area contributed by atoms with Crippen LogP contribution >= 0.6 is 15.6 Å². The predicted molar refractivity (Wildman–Crippen MR) is 372 cm³/mol. The van der Waals surface area contributed by atoms with Gasteiger partial charge in [0.05, 0.1) is 26.4 Å². The van der Waals surface area contributed by atoms with E-state index in [4.69, 9.17) is 37.0 Å². The molecule has 0 bridgehead atoms. The van der Waals surface area contributed by atoms with Gasteiger partial charge in [0.2, 0.25) is 0 Å². The van der Waals surface area contributed by atoms with Gasteiger partial charge in [-0.25, -0.2) is 9.13 Å². The highest BCUT2D eigenvalue weighted by atomic mass is 31.2. The summed E-state index contributed by atoms with van der Waals surface area (Å²) in [6.07, 6.45) is 57.3. The first kappa shape index (κ1) is 90.1. The van der Waals surface area contributed by atoms with Crippen LogP contribution in [0.3, 0.4) is 0 Å². The summed E-state index contributed by atoms with van der Waals surface area (Å²) >= 11 is 0. The topological polar surface area (TPSA) is 237 Å². The fourth-order valence-corrected chi connectivity index (χ4v) is 12.8. The molecule has 0 radical (unpaired) electrons. The van der Waals surface area contributed by atoms with Gasteiger partial charge in [0.25, 0.3) is 0 Å². The third-order valence-electron chi connectivity index (χ3n) is 17.1. The highest BCUT2D eigenvalue weighted by Gasteiger charge is 2.30. The number of hydrogen-bond donors (Lipinski definition) is 3. The van der Waals surface area contributed by atoms with Crippen LogP contribution in [0.5, 0.6) is 0 Å². The lowest BCUT2D eigenvalue weighted by atomic mass is 10.0. The molecule has 2 unspecified atom stereocenters. The van der Waals surface area contributed by atoms with E-state index in [-0.39, 0.29) is 25.7 Å². The van der Waals surface area contributed by atoms with E-state index in [2.05, 4.69) is 27.7 Å². The Morgan fingerprint density at radius 1 is 0.261 bits per heavy atom. The van der Waals surface area contributed by atoms with Gasteiger partial charge in [-0.05, 0) is 25.7 Å². The molecule has 92 heavy (non-hydrogen) atoms. The van der Waals surface area contributed by atoms with Crippen molar-refractivity contribution >= 4 is 39.5 Å². The van der Waals surface area contributed by atoms with Gasteiger partial charge in [-0.2, -0.15) is 0 Å². The fourth-order valence-electron chi connectivity index (χ4n) is 11.2. The minimum absolute atomic E-state index is 0.107. The first-order valence-electron chi connectivity index (χ1n) is 38.3. The molecule has 0 spiro atoms. The van der Waals surface area contributed by atoms with Crippen molar-refractivity contribution in [1.82, 2.24) is 0 Å². The molecule has 546 valence electrons. The highest BCUT2D eigenvalue weighted by molar-refractivity contribution is 7.47. The summed E-state index contributed by atoms with van der Waals surface area (Å²) in [6.45, 7) is 4.88. The molecule has 5 atom stereocenters. The largest absolute Gasteiger partial charge is 0.472 e. The molecule has 0 aromatic heterocycles. The summed E-state index contributed by atoms with van der Waals surface area (Å²) in [6, 6.07) is 0. The van der Waals surface area contributed by atoms with Crippen LogP contribution in [0.25, 0.3) is 0 Å². The maximum Gasteiger partial charge on any atom is 0.472 e. The zero-order chi connectivity index (χ0) is 67.5. The molecular weight excluding hydrogens is 1210 g/mol. The SMILES string of the molecule is CCCCCCCCCCCCCCCCCCCCCC(=O)O[C@H](COC(=O)CCCCCCCCCCCCCCCCCCC)COP(=O)(O)OC[C@@H](O)COP(=O)(O)OC[C@@H](COC(=O)CCCCCCC)OC(=O)CCCCCCCCCCCCC. The van der Waals surface area contributed by atoms with Crippen molar-refractivity contribution in [1.29, 1.82) is 0 Å². The van der Waals surface area contributed by atoms with E-state index in [1.165, 1.54) is 212 Å². The van der Waals surface area contributed by atoms with E-state index < -0.39 is 97.5 Å². The van der Waals surface area contributed by atoms with Gasteiger partial charge in [0.15, 0.2) is 12.2 Å². The molecular formula is C73H142O17P2. The Morgan fingerprint density at radius 3 is 0.641 bits per heavy atom. The molecule has 19 heteroatoms. The zero-order valence-electron chi connectivity index (χ0n) is 59.5. The normalized spacial score (nSPS) is 13.9. The summed E-state index contributed by atoms with van der Waals surface area (Å²) in [5.74, 6) is -2.13. The van der Waals surface area contributed by atoms with Crippen molar-refractivity contribution < 1.29 is 80.2 Å². The Hall–Kier alpha value is -1.94. The lowest BCUT2D eigenvalue weighted by molar-refractivity contribution is -0.161. The Balaban J connectivity index is 5.13. The molecule has 0 aliphatic carbocycles. The molecule has 0 saturated carbocycles. The van der Waals surface area contributed by atoms with E-state index in [0.29, 0.717) is 25.7 Å². The minimum Gasteiger partial charge on any atom is -0.462 e. The van der Waals surface area contributed by atoms with E-state index in [1.807, 2.05) is 0 Å². The number of esters is 4. The van der Waals surface area contributed by atoms with Gasteiger partial charge in [-0.1, -0.05) is 336 Å². The Morgan fingerprint density at radius 2 is 0.435 bits per heavy atom. The van der Waals surface area contributed by atoms with Crippen molar-refractivity contribution in [2.75, 3.05) is 39.6 Å². The third-order valence-corrected chi connectivity index (χ3v) is 19.0. The Kier molecular flexibility index (Phi) is 66.2. The van der Waals surface area contributed by atoms with E-state index >= 15 is 0 Å². The van der Waals surface area contributed by atoms with Gasteiger partial charge in [-0.15, -0.1) is 0 Å². The van der Waals surface area contributed by atoms with Crippen molar-refractivity contribution in [2.45, 2.75) is 406 Å². The van der Waals surface area contributed by atoms with Crippen LogP contribution in [-0.2, 0) is 65.4 Å². The first-order chi connectivity index (χ1) is 44.7. The fraction of sp³-hybridized carbons (Fsp3) is 0.945. The maximum atomic E-state index is 13.1. The smallest absolute Gasteiger partial charge is 0.462 e. The van der Waals surface area contributed by atoms with Crippen LogP contribution in [0.4, 0.5) is 0 Å². The number of phosphoric acid groups is 2. The Labute approximate surface area is 562 Å². The molecule has 0 rings (SSSR count). The van der Waals surface area contributed by atoms with Crippen LogP contribution in [0.15, 0.2) is 0 Å². The lowest BCUT2D eigenvalue weighted by Crippen LogP contribution is -2.30. The van der Waals surface area contributed by atoms with Gasteiger partial charge in [-0.3, -0.25) is 37.3 Å². The predicted octanol–water partition coefficient (Wildman–Crippen LogP) is 21.4. The second-order valence-electron chi connectivity index (χ2n) is 26.3. The lowest BCUT2D eigenvalue weighted by Gasteiger charge is -2.21. The number of aliphatic hydroxyl groups is 1. The second-order valence-corrected chi connectivity index (χ2v) is 29.2. The standard InChI is InChI=1S/C73H142O17P2/c1-5-9-13-17-20-23-26-28-30-32-33-35-37-39-42-45-48-52-56-60-73(78)90-69(64-84-71(76)58-54-50-46-43-41-38-36-34-31-29-27-24-21-18-14-10-6-2)66-88-92(81,82)86-62-67(74)61-85-91(79,80)87-65-68(63-83-70(75)57-53-49-16-12-8-4)89-72(77)59-55-51-47-44-40-25-22-19-15-11-7-3/h67-69,74H,5-66H2,1-4H3,(H,79,80)(H,81,82)/t67-,68+,69+/m0/s1. The molecule has 0 aromatic rings. The molecule has 0 heterocycles.